The Morgan fingerprint density at radius 2 is 0.742 bits per heavy atom. The summed E-state index contributed by atoms with van der Waals surface area (Å²) in [5.74, 6) is 0. The van der Waals surface area contributed by atoms with Crippen molar-refractivity contribution in [1.29, 1.82) is 0 Å². The monoisotopic (exact) mass is 394 g/mol. The van der Waals surface area contributed by atoms with E-state index in [4.69, 9.17) is 0 Å². The molecule has 0 spiro atoms. The van der Waals surface area contributed by atoms with Gasteiger partial charge in [-0.3, -0.25) is 0 Å². The Balaban J connectivity index is 1.65. The Morgan fingerprint density at radius 1 is 0.323 bits per heavy atom. The van der Waals surface area contributed by atoms with E-state index in [1.165, 1.54) is 44.5 Å². The molecular formula is C31H22. The van der Waals surface area contributed by atoms with Crippen molar-refractivity contribution in [2.45, 2.75) is 5.41 Å². The molecule has 0 saturated carbocycles. The molecule has 5 aromatic carbocycles. The van der Waals surface area contributed by atoms with Crippen LogP contribution in [0.15, 0.2) is 133 Å². The van der Waals surface area contributed by atoms with E-state index in [2.05, 4.69) is 133 Å². The Bertz CT molecular complexity index is 1300. The van der Waals surface area contributed by atoms with Gasteiger partial charge in [0, 0.05) is 0 Å². The summed E-state index contributed by atoms with van der Waals surface area (Å²) in [4.78, 5) is 0. The van der Waals surface area contributed by atoms with Gasteiger partial charge in [-0.25, -0.2) is 0 Å². The molecule has 0 fully saturated rings. The molecule has 0 N–H and O–H groups in total. The van der Waals surface area contributed by atoms with Gasteiger partial charge in [0.2, 0.25) is 0 Å². The first-order valence-corrected chi connectivity index (χ1v) is 10.8. The zero-order valence-corrected chi connectivity index (χ0v) is 17.2. The van der Waals surface area contributed by atoms with Gasteiger partial charge in [-0.1, -0.05) is 133 Å². The van der Waals surface area contributed by atoms with Gasteiger partial charge in [0.1, 0.15) is 0 Å². The van der Waals surface area contributed by atoms with Crippen LogP contribution in [0, 0.1) is 0 Å². The summed E-state index contributed by atoms with van der Waals surface area (Å²) in [7, 11) is 0. The molecule has 1 aliphatic carbocycles. The van der Waals surface area contributed by atoms with Gasteiger partial charge in [-0.2, -0.15) is 0 Å². The van der Waals surface area contributed by atoms with E-state index < -0.39 is 0 Å². The van der Waals surface area contributed by atoms with Gasteiger partial charge in [0.25, 0.3) is 0 Å². The number of benzene rings is 5. The Hall–Kier alpha value is -3.90. The molecule has 0 aliphatic heterocycles. The molecule has 0 atom stereocenters. The summed E-state index contributed by atoms with van der Waals surface area (Å²) in [6.07, 6.45) is 0. The Labute approximate surface area is 183 Å². The third kappa shape index (κ3) is 2.62. The topological polar surface area (TPSA) is 0 Å². The first-order chi connectivity index (χ1) is 15.4. The van der Waals surface area contributed by atoms with E-state index in [0.29, 0.717) is 0 Å². The van der Waals surface area contributed by atoms with Crippen LogP contribution in [0.25, 0.3) is 22.3 Å². The molecule has 0 heteroatoms. The Morgan fingerprint density at radius 3 is 1.32 bits per heavy atom. The Kier molecular flexibility index (Phi) is 4.11. The lowest BCUT2D eigenvalue weighted by atomic mass is 9.67. The first kappa shape index (κ1) is 17.9. The van der Waals surface area contributed by atoms with Gasteiger partial charge < -0.3 is 0 Å². The van der Waals surface area contributed by atoms with E-state index >= 15 is 0 Å². The fourth-order valence-corrected chi connectivity index (χ4v) is 5.26. The first-order valence-electron chi connectivity index (χ1n) is 10.8. The summed E-state index contributed by atoms with van der Waals surface area (Å²) in [6.45, 7) is 0. The normalized spacial score (nSPS) is 13.4. The molecule has 0 amide bonds. The summed E-state index contributed by atoms with van der Waals surface area (Å²) in [5, 5.41) is 0. The molecule has 0 bridgehead atoms. The van der Waals surface area contributed by atoms with E-state index in [1.54, 1.807) is 0 Å². The van der Waals surface area contributed by atoms with Crippen LogP contribution in [0.1, 0.15) is 22.3 Å². The maximum absolute atomic E-state index is 2.31. The lowest BCUT2D eigenvalue weighted by Crippen LogP contribution is -2.28. The molecule has 0 saturated heterocycles. The second-order valence-electron chi connectivity index (χ2n) is 8.15. The van der Waals surface area contributed by atoms with Crippen molar-refractivity contribution >= 4 is 0 Å². The van der Waals surface area contributed by atoms with Crippen LogP contribution < -0.4 is 0 Å². The lowest BCUT2D eigenvalue weighted by molar-refractivity contribution is 0.768. The maximum atomic E-state index is 2.31. The van der Waals surface area contributed by atoms with Gasteiger partial charge in [-0.05, 0) is 44.5 Å². The van der Waals surface area contributed by atoms with Crippen molar-refractivity contribution in [2.24, 2.45) is 0 Å². The highest BCUT2D eigenvalue weighted by Crippen LogP contribution is 2.55. The molecule has 31 heavy (non-hydrogen) atoms. The zero-order valence-electron chi connectivity index (χ0n) is 17.2. The van der Waals surface area contributed by atoms with Gasteiger partial charge in [0.15, 0.2) is 0 Å². The van der Waals surface area contributed by atoms with Crippen LogP contribution in [0.3, 0.4) is 0 Å². The molecule has 6 rings (SSSR count). The van der Waals surface area contributed by atoms with Crippen molar-refractivity contribution in [1.82, 2.24) is 0 Å². The molecule has 146 valence electrons. The van der Waals surface area contributed by atoms with Gasteiger partial charge in [-0.15, -0.1) is 0 Å². The maximum Gasteiger partial charge on any atom is 0.0713 e. The van der Waals surface area contributed by atoms with Gasteiger partial charge in [0.05, 0.1) is 5.41 Å². The predicted octanol–water partition coefficient (Wildman–Crippen LogP) is 7.72. The number of hydrogen-bond acceptors (Lipinski definition) is 0. The van der Waals surface area contributed by atoms with Crippen molar-refractivity contribution in [3.8, 4) is 22.3 Å². The smallest absolute Gasteiger partial charge is 0.0622 e. The highest BCUT2D eigenvalue weighted by Gasteiger charge is 2.45. The second-order valence-corrected chi connectivity index (χ2v) is 8.15. The lowest BCUT2D eigenvalue weighted by Gasteiger charge is -2.34. The molecule has 0 aromatic heterocycles. The van der Waals surface area contributed by atoms with Crippen LogP contribution in [-0.2, 0) is 5.41 Å². The standard InChI is InChI=1S/C31H22/c1-3-11-23(12-4-1)24-19-21-26(22-20-24)31(25-13-5-2-6-14-25)29-17-9-7-15-27(29)28-16-8-10-18-30(28)31/h1-22H. The summed E-state index contributed by atoms with van der Waals surface area (Å²) in [5.41, 5.74) is 10.1. The highest BCUT2D eigenvalue weighted by atomic mass is 14.5. The molecule has 0 nitrogen and oxygen atoms in total. The fraction of sp³-hybridized carbons (Fsp3) is 0.0323. The average molecular weight is 395 g/mol. The quantitative estimate of drug-likeness (QED) is 0.288. The van der Waals surface area contributed by atoms with E-state index in [0.717, 1.165) is 0 Å². The van der Waals surface area contributed by atoms with Crippen molar-refractivity contribution in [3.05, 3.63) is 156 Å². The molecule has 5 aromatic rings. The number of fused-ring (bicyclic) bond motifs is 3. The largest absolute Gasteiger partial charge is 0.0713 e. The van der Waals surface area contributed by atoms with E-state index in [-0.39, 0.29) is 5.41 Å². The molecular weight excluding hydrogens is 372 g/mol. The van der Waals surface area contributed by atoms with Crippen LogP contribution in [-0.4, -0.2) is 0 Å². The molecule has 0 radical (unpaired) electrons. The average Bonchev–Trinajstić information content (AvgIpc) is 3.17. The minimum Gasteiger partial charge on any atom is -0.0622 e. The zero-order chi connectivity index (χ0) is 20.7. The van der Waals surface area contributed by atoms with E-state index in [1.807, 2.05) is 0 Å². The summed E-state index contributed by atoms with van der Waals surface area (Å²) >= 11 is 0. The van der Waals surface area contributed by atoms with Crippen LogP contribution in [0.4, 0.5) is 0 Å². The highest BCUT2D eigenvalue weighted by molar-refractivity contribution is 5.86. The van der Waals surface area contributed by atoms with Crippen molar-refractivity contribution < 1.29 is 0 Å². The number of hydrogen-bond donors (Lipinski definition) is 0. The molecule has 1 aliphatic rings. The number of rotatable bonds is 3. The summed E-state index contributed by atoms with van der Waals surface area (Å²) in [6, 6.07) is 48.4. The van der Waals surface area contributed by atoms with Crippen LogP contribution >= 0.6 is 0 Å². The van der Waals surface area contributed by atoms with Crippen LogP contribution in [0.5, 0.6) is 0 Å². The predicted molar refractivity (Wildman–Crippen MR) is 129 cm³/mol. The SMILES string of the molecule is c1ccc(-c2ccc(C3(c4ccccc4)c4ccccc4-c4ccccc43)cc2)cc1. The van der Waals surface area contributed by atoms with Crippen LogP contribution in [0.2, 0.25) is 0 Å². The minimum atomic E-state index is -0.316. The second kappa shape index (κ2) is 7.11. The fourth-order valence-electron chi connectivity index (χ4n) is 5.26. The van der Waals surface area contributed by atoms with Crippen molar-refractivity contribution in [3.63, 3.8) is 0 Å². The molecule has 0 unspecified atom stereocenters. The van der Waals surface area contributed by atoms with Crippen molar-refractivity contribution in [2.75, 3.05) is 0 Å². The van der Waals surface area contributed by atoms with E-state index in [9.17, 15) is 0 Å². The van der Waals surface area contributed by atoms with Gasteiger partial charge >= 0.3 is 0 Å². The third-order valence-corrected chi connectivity index (χ3v) is 6.58. The third-order valence-electron chi connectivity index (χ3n) is 6.58. The minimum absolute atomic E-state index is 0.316. The summed E-state index contributed by atoms with van der Waals surface area (Å²) < 4.78 is 0. The molecule has 0 heterocycles.